The Hall–Kier alpha value is -3.18. The van der Waals surface area contributed by atoms with Crippen LogP contribution in [-0.4, -0.2) is 48.5 Å². The Kier molecular flexibility index (Phi) is 9.23. The maximum atomic E-state index is 12.2. The van der Waals surface area contributed by atoms with Crippen molar-refractivity contribution in [3.8, 4) is 16.5 Å². The Morgan fingerprint density at radius 3 is 2.50 bits per heavy atom. The van der Waals surface area contributed by atoms with Crippen LogP contribution in [0.4, 0.5) is 5.69 Å². The minimum Gasteiger partial charge on any atom is -0.394 e. The van der Waals surface area contributed by atoms with Gasteiger partial charge in [0.25, 0.3) is 5.91 Å². The predicted molar refractivity (Wildman–Crippen MR) is 140 cm³/mol. The summed E-state index contributed by atoms with van der Waals surface area (Å²) >= 11 is 1.50. The fourth-order valence-electron chi connectivity index (χ4n) is 3.74. The third-order valence-electron chi connectivity index (χ3n) is 5.45. The van der Waals surface area contributed by atoms with Gasteiger partial charge in [-0.25, -0.2) is 0 Å². The van der Waals surface area contributed by atoms with Gasteiger partial charge in [-0.05, 0) is 65.6 Å². The van der Waals surface area contributed by atoms with E-state index >= 15 is 0 Å². The first-order valence-electron chi connectivity index (χ1n) is 11.6. The van der Waals surface area contributed by atoms with Crippen LogP contribution in [-0.2, 0) is 4.79 Å². The topological polar surface area (TPSA) is 96.6 Å². The van der Waals surface area contributed by atoms with E-state index in [1.807, 2.05) is 18.2 Å². The van der Waals surface area contributed by atoms with E-state index in [0.29, 0.717) is 0 Å². The summed E-state index contributed by atoms with van der Waals surface area (Å²) in [4.78, 5) is 16.4. The SMILES string of the molecule is CCCN(CCC)c1ccc2cc(-c3ccc(C=C(C#N)C(=O)NCC(O)CO)s3)ccc2c1. The summed E-state index contributed by atoms with van der Waals surface area (Å²) < 4.78 is 0. The van der Waals surface area contributed by atoms with E-state index in [9.17, 15) is 15.2 Å². The van der Waals surface area contributed by atoms with Crippen LogP contribution >= 0.6 is 11.3 Å². The van der Waals surface area contributed by atoms with Gasteiger partial charge in [0.05, 0.1) is 12.7 Å². The van der Waals surface area contributed by atoms with E-state index in [0.717, 1.165) is 41.2 Å². The number of fused-ring (bicyclic) bond motifs is 1. The fourth-order valence-corrected chi connectivity index (χ4v) is 4.69. The molecule has 3 rings (SSSR count). The molecule has 3 N–H and O–H groups in total. The lowest BCUT2D eigenvalue weighted by Crippen LogP contribution is -2.34. The van der Waals surface area contributed by atoms with Crippen LogP contribution < -0.4 is 10.2 Å². The van der Waals surface area contributed by atoms with Gasteiger partial charge in [-0.3, -0.25) is 4.79 Å². The molecule has 178 valence electrons. The van der Waals surface area contributed by atoms with Crippen LogP contribution in [0.3, 0.4) is 0 Å². The molecule has 1 heterocycles. The summed E-state index contributed by atoms with van der Waals surface area (Å²) in [6.07, 6.45) is 2.72. The van der Waals surface area contributed by atoms with Crippen molar-refractivity contribution in [1.82, 2.24) is 5.32 Å². The van der Waals surface area contributed by atoms with E-state index < -0.39 is 18.6 Å². The highest BCUT2D eigenvalue weighted by molar-refractivity contribution is 7.16. The molecule has 0 aliphatic rings. The number of carbonyl (C=O) groups is 1. The maximum Gasteiger partial charge on any atom is 0.262 e. The smallest absolute Gasteiger partial charge is 0.262 e. The lowest BCUT2D eigenvalue weighted by atomic mass is 10.0. The molecule has 1 atom stereocenters. The first-order valence-corrected chi connectivity index (χ1v) is 12.4. The average Bonchev–Trinajstić information content (AvgIpc) is 3.33. The van der Waals surface area contributed by atoms with Crippen molar-refractivity contribution in [2.45, 2.75) is 32.8 Å². The van der Waals surface area contributed by atoms with Crippen molar-refractivity contribution in [2.75, 3.05) is 31.1 Å². The number of nitrogens with zero attached hydrogens (tertiary/aromatic N) is 2. The van der Waals surface area contributed by atoms with Crippen molar-refractivity contribution < 1.29 is 15.0 Å². The molecule has 0 saturated carbocycles. The molecule has 0 saturated heterocycles. The molecular weight excluding hydrogens is 446 g/mol. The largest absolute Gasteiger partial charge is 0.394 e. The monoisotopic (exact) mass is 477 g/mol. The molecule has 1 aromatic heterocycles. The summed E-state index contributed by atoms with van der Waals surface area (Å²) in [7, 11) is 0. The highest BCUT2D eigenvalue weighted by Crippen LogP contribution is 2.32. The third kappa shape index (κ3) is 6.45. The molecule has 6 nitrogen and oxygen atoms in total. The van der Waals surface area contributed by atoms with Gasteiger partial charge in [0.1, 0.15) is 11.6 Å². The number of carbonyl (C=O) groups excluding carboxylic acids is 1. The van der Waals surface area contributed by atoms with E-state index in [1.54, 1.807) is 0 Å². The molecular formula is C27H31N3O3S. The normalized spacial score (nSPS) is 12.4. The number of hydrogen-bond donors (Lipinski definition) is 3. The lowest BCUT2D eigenvalue weighted by molar-refractivity contribution is -0.117. The van der Waals surface area contributed by atoms with Gasteiger partial charge in [-0.2, -0.15) is 5.26 Å². The molecule has 2 aromatic carbocycles. The number of anilines is 1. The number of nitriles is 1. The Morgan fingerprint density at radius 2 is 1.82 bits per heavy atom. The Bertz CT molecular complexity index is 1190. The predicted octanol–water partition coefficient (Wildman–Crippen LogP) is 4.57. The Labute approximate surface area is 204 Å². The molecule has 0 radical (unpaired) electrons. The molecule has 0 fully saturated rings. The van der Waals surface area contributed by atoms with Gasteiger partial charge in [0, 0.05) is 35.1 Å². The second kappa shape index (κ2) is 12.3. The fraction of sp³-hybridized carbons (Fsp3) is 0.333. The zero-order valence-corrected chi connectivity index (χ0v) is 20.4. The van der Waals surface area contributed by atoms with Crippen LogP contribution in [0.25, 0.3) is 27.3 Å². The number of aliphatic hydroxyl groups is 2. The Balaban J connectivity index is 1.80. The summed E-state index contributed by atoms with van der Waals surface area (Å²) in [6.45, 7) is 5.93. The van der Waals surface area contributed by atoms with Crippen LogP contribution in [0.15, 0.2) is 54.1 Å². The van der Waals surface area contributed by atoms with Crippen molar-refractivity contribution in [3.05, 3.63) is 59.0 Å². The van der Waals surface area contributed by atoms with Crippen molar-refractivity contribution in [2.24, 2.45) is 0 Å². The van der Waals surface area contributed by atoms with Crippen LogP contribution in [0, 0.1) is 11.3 Å². The molecule has 0 bridgehead atoms. The third-order valence-corrected chi connectivity index (χ3v) is 6.53. The number of rotatable bonds is 11. The number of benzene rings is 2. The minimum atomic E-state index is -1.05. The molecule has 7 heteroatoms. The van der Waals surface area contributed by atoms with Gasteiger partial charge < -0.3 is 20.4 Å². The van der Waals surface area contributed by atoms with E-state index in [-0.39, 0.29) is 12.1 Å². The summed E-state index contributed by atoms with van der Waals surface area (Å²) in [5.41, 5.74) is 2.28. The quantitative estimate of drug-likeness (QED) is 0.278. The summed E-state index contributed by atoms with van der Waals surface area (Å²) in [5, 5.41) is 32.4. The van der Waals surface area contributed by atoms with Crippen LogP contribution in [0.1, 0.15) is 31.6 Å². The standard InChI is InChI=1S/C27H31N3O3S/c1-3-11-30(12-4-2)23-8-7-19-13-21(6-5-20(19)14-23)26-10-9-25(34-26)15-22(16-28)27(33)29-17-24(32)18-31/h5-10,13-15,24,31-32H,3-4,11-12,17-18H2,1-2H3,(H,29,33). The summed E-state index contributed by atoms with van der Waals surface area (Å²) in [6, 6.07) is 18.8. The molecule has 1 unspecified atom stereocenters. The molecule has 0 aliphatic carbocycles. The number of amides is 1. The highest BCUT2D eigenvalue weighted by Gasteiger charge is 2.12. The van der Waals surface area contributed by atoms with Crippen molar-refractivity contribution >= 4 is 39.8 Å². The van der Waals surface area contributed by atoms with Gasteiger partial charge in [-0.1, -0.05) is 32.0 Å². The Morgan fingerprint density at radius 1 is 1.12 bits per heavy atom. The molecule has 3 aromatic rings. The molecule has 1 amide bonds. The van der Waals surface area contributed by atoms with Gasteiger partial charge in [0.15, 0.2) is 0 Å². The average molecular weight is 478 g/mol. The second-order valence-electron chi connectivity index (χ2n) is 8.15. The minimum absolute atomic E-state index is 0.0479. The summed E-state index contributed by atoms with van der Waals surface area (Å²) in [5.74, 6) is -0.577. The van der Waals surface area contributed by atoms with Crippen molar-refractivity contribution in [3.63, 3.8) is 0 Å². The molecule has 0 spiro atoms. The van der Waals surface area contributed by atoms with Crippen LogP contribution in [0.5, 0.6) is 0 Å². The van der Waals surface area contributed by atoms with Gasteiger partial charge >= 0.3 is 0 Å². The van der Waals surface area contributed by atoms with E-state index in [1.165, 1.54) is 33.9 Å². The lowest BCUT2D eigenvalue weighted by Gasteiger charge is -2.24. The second-order valence-corrected chi connectivity index (χ2v) is 9.27. The number of thiophene rings is 1. The van der Waals surface area contributed by atoms with Crippen LogP contribution in [0.2, 0.25) is 0 Å². The molecule has 34 heavy (non-hydrogen) atoms. The van der Waals surface area contributed by atoms with Gasteiger partial charge in [-0.15, -0.1) is 11.3 Å². The highest BCUT2D eigenvalue weighted by atomic mass is 32.1. The van der Waals surface area contributed by atoms with Gasteiger partial charge in [0.2, 0.25) is 0 Å². The maximum absolute atomic E-state index is 12.2. The first-order chi connectivity index (χ1) is 16.5. The van der Waals surface area contributed by atoms with E-state index in [4.69, 9.17) is 5.11 Å². The molecule has 0 aliphatic heterocycles. The van der Waals surface area contributed by atoms with E-state index in [2.05, 4.69) is 60.5 Å². The zero-order valence-electron chi connectivity index (χ0n) is 19.6. The first kappa shape index (κ1) is 25.4. The number of hydrogen-bond acceptors (Lipinski definition) is 6. The number of nitrogens with one attached hydrogen (secondary N) is 1. The van der Waals surface area contributed by atoms with Crippen molar-refractivity contribution in [1.29, 1.82) is 5.26 Å². The number of aliphatic hydroxyl groups excluding tert-OH is 2. The zero-order chi connectivity index (χ0) is 24.5.